The zero-order valence-corrected chi connectivity index (χ0v) is 12.4. The minimum atomic E-state index is -0.553. The van der Waals surface area contributed by atoms with Gasteiger partial charge in [-0.1, -0.05) is 51.4 Å². The van der Waals surface area contributed by atoms with Crippen LogP contribution in [0.4, 0.5) is 0 Å². The van der Waals surface area contributed by atoms with E-state index in [1.165, 1.54) is 0 Å². The van der Waals surface area contributed by atoms with Crippen molar-refractivity contribution in [2.75, 3.05) is 6.61 Å². The minimum Gasteiger partial charge on any atom is -0.374 e. The lowest BCUT2D eigenvalue weighted by molar-refractivity contribution is 0.117. The van der Waals surface area contributed by atoms with Crippen LogP contribution in [0, 0.1) is 11.3 Å². The predicted octanol–water partition coefficient (Wildman–Crippen LogP) is 3.76. The van der Waals surface area contributed by atoms with Gasteiger partial charge in [0.25, 0.3) is 0 Å². The second-order valence-electron chi connectivity index (χ2n) is 2.88. The second-order valence-corrected chi connectivity index (χ2v) is 3.31. The maximum absolute atomic E-state index is 8.40. The van der Waals surface area contributed by atoms with Crippen LogP contribution in [0.1, 0.15) is 33.3 Å². The molecule has 0 saturated heterocycles. The van der Waals surface area contributed by atoms with Crippen molar-refractivity contribution >= 4 is 11.6 Å². The summed E-state index contributed by atoms with van der Waals surface area (Å²) in [5.74, 6) is 0. The molecule has 0 amide bonds. The largest absolute Gasteiger partial charge is 0.374 e. The molecule has 1 atom stereocenters. The monoisotopic (exact) mass is 270 g/mol. The summed E-state index contributed by atoms with van der Waals surface area (Å²) in [5.41, 5.74) is 6.37. The molecule has 0 aromatic heterocycles. The number of nitrogens with two attached hydrogens (primary N) is 1. The first-order valence-electron chi connectivity index (χ1n) is 6.20. The van der Waals surface area contributed by atoms with Crippen LogP contribution in [0.15, 0.2) is 24.3 Å². The number of ether oxygens (including phenoxy) is 1. The van der Waals surface area contributed by atoms with E-state index in [9.17, 15) is 0 Å². The summed E-state index contributed by atoms with van der Waals surface area (Å²) < 4.78 is 5.22. The van der Waals surface area contributed by atoms with Gasteiger partial charge in [0.1, 0.15) is 6.04 Å². The fraction of sp³-hybridized carbons (Fsp3) is 0.500. The molecule has 4 heteroatoms. The Morgan fingerprint density at radius 3 is 2.17 bits per heavy atom. The normalized spacial score (nSPS) is 10.1. The van der Waals surface area contributed by atoms with Crippen molar-refractivity contribution in [1.82, 2.24) is 0 Å². The predicted molar refractivity (Wildman–Crippen MR) is 77.4 cm³/mol. The summed E-state index contributed by atoms with van der Waals surface area (Å²) in [4.78, 5) is 0. The van der Waals surface area contributed by atoms with Gasteiger partial charge in [-0.2, -0.15) is 5.26 Å². The molecule has 1 rings (SSSR count). The number of benzene rings is 1. The highest BCUT2D eigenvalue weighted by Crippen LogP contribution is 2.10. The van der Waals surface area contributed by atoms with Gasteiger partial charge >= 0.3 is 0 Å². The van der Waals surface area contributed by atoms with E-state index < -0.39 is 6.04 Å². The van der Waals surface area contributed by atoms with Gasteiger partial charge in [-0.25, -0.2) is 0 Å². The Labute approximate surface area is 116 Å². The quantitative estimate of drug-likeness (QED) is 0.906. The van der Waals surface area contributed by atoms with Crippen LogP contribution in [-0.4, -0.2) is 12.6 Å². The van der Waals surface area contributed by atoms with Gasteiger partial charge in [0.2, 0.25) is 0 Å². The first-order chi connectivity index (χ1) is 8.72. The van der Waals surface area contributed by atoms with Crippen molar-refractivity contribution in [3.05, 3.63) is 34.9 Å². The molecule has 0 radical (unpaired) electrons. The van der Waals surface area contributed by atoms with Crippen molar-refractivity contribution in [2.45, 2.75) is 40.3 Å². The zero-order chi connectivity index (χ0) is 14.4. The molecule has 0 bridgehead atoms. The van der Waals surface area contributed by atoms with E-state index in [1.54, 1.807) is 12.1 Å². The van der Waals surface area contributed by atoms with Gasteiger partial charge in [0.15, 0.2) is 0 Å². The summed E-state index contributed by atoms with van der Waals surface area (Å²) in [7, 11) is 0. The third kappa shape index (κ3) is 10.1. The van der Waals surface area contributed by atoms with Crippen molar-refractivity contribution in [2.24, 2.45) is 5.73 Å². The third-order valence-electron chi connectivity index (χ3n) is 1.65. The number of nitriles is 1. The van der Waals surface area contributed by atoms with Crippen molar-refractivity contribution in [3.63, 3.8) is 0 Å². The van der Waals surface area contributed by atoms with Gasteiger partial charge in [-0.05, 0) is 17.7 Å². The molecule has 1 unspecified atom stereocenters. The average molecular weight is 271 g/mol. The highest BCUT2D eigenvalue weighted by molar-refractivity contribution is 6.30. The third-order valence-corrected chi connectivity index (χ3v) is 1.90. The first kappa shape index (κ1) is 19.3. The zero-order valence-electron chi connectivity index (χ0n) is 11.6. The van der Waals surface area contributed by atoms with Gasteiger partial charge in [-0.3, -0.25) is 0 Å². The van der Waals surface area contributed by atoms with E-state index in [0.29, 0.717) is 11.6 Å². The average Bonchev–Trinajstić information content (AvgIpc) is 2.45. The van der Waals surface area contributed by atoms with Crippen molar-refractivity contribution in [1.29, 1.82) is 5.26 Å². The van der Waals surface area contributed by atoms with E-state index in [0.717, 1.165) is 5.56 Å². The van der Waals surface area contributed by atoms with Crippen molar-refractivity contribution < 1.29 is 4.74 Å². The van der Waals surface area contributed by atoms with Gasteiger partial charge in [0, 0.05) is 5.02 Å². The number of rotatable bonds is 4. The standard InChI is InChI=1S/C10H11ClN2O.2C2H6/c11-9-3-1-8(2-4-9)6-14-7-10(13)5-12;2*1-2/h1-4,10H,6-7,13H2;2*1-2H3. The lowest BCUT2D eigenvalue weighted by atomic mass is 10.2. The van der Waals surface area contributed by atoms with E-state index in [1.807, 2.05) is 45.9 Å². The fourth-order valence-electron chi connectivity index (χ4n) is 0.922. The molecule has 0 aliphatic heterocycles. The minimum absolute atomic E-state index is 0.249. The summed E-state index contributed by atoms with van der Waals surface area (Å²) in [5, 5.41) is 9.09. The number of nitrogens with zero attached hydrogens (tertiary/aromatic N) is 1. The Kier molecular flexibility index (Phi) is 15.0. The maximum Gasteiger partial charge on any atom is 0.116 e. The molecule has 1 aromatic carbocycles. The lowest BCUT2D eigenvalue weighted by Crippen LogP contribution is -2.23. The Balaban J connectivity index is 0. The van der Waals surface area contributed by atoms with Crippen LogP contribution in [0.3, 0.4) is 0 Å². The Hall–Kier alpha value is -1.08. The van der Waals surface area contributed by atoms with E-state index in [-0.39, 0.29) is 6.61 Å². The molecular weight excluding hydrogens is 248 g/mol. The molecule has 1 aromatic rings. The Bertz CT molecular complexity index is 320. The summed E-state index contributed by atoms with van der Waals surface area (Å²) >= 11 is 5.71. The van der Waals surface area contributed by atoms with Crippen LogP contribution >= 0.6 is 11.6 Å². The van der Waals surface area contributed by atoms with Gasteiger partial charge in [-0.15, -0.1) is 0 Å². The molecule has 0 heterocycles. The smallest absolute Gasteiger partial charge is 0.116 e. The molecule has 3 nitrogen and oxygen atoms in total. The fourth-order valence-corrected chi connectivity index (χ4v) is 1.05. The molecule has 0 fully saturated rings. The van der Waals surface area contributed by atoms with Crippen LogP contribution in [0.5, 0.6) is 0 Å². The van der Waals surface area contributed by atoms with Crippen LogP contribution < -0.4 is 5.73 Å². The van der Waals surface area contributed by atoms with Crippen LogP contribution in [-0.2, 0) is 11.3 Å². The number of hydrogen-bond donors (Lipinski definition) is 1. The molecule has 0 aliphatic carbocycles. The lowest BCUT2D eigenvalue weighted by Gasteiger charge is -2.05. The van der Waals surface area contributed by atoms with Crippen molar-refractivity contribution in [3.8, 4) is 6.07 Å². The maximum atomic E-state index is 8.40. The second kappa shape index (κ2) is 14.0. The van der Waals surface area contributed by atoms with Gasteiger partial charge < -0.3 is 10.5 Å². The van der Waals surface area contributed by atoms with Crippen LogP contribution in [0.25, 0.3) is 0 Å². The van der Waals surface area contributed by atoms with Crippen LogP contribution in [0.2, 0.25) is 5.02 Å². The molecule has 0 aliphatic rings. The number of hydrogen-bond acceptors (Lipinski definition) is 3. The number of halogens is 1. The SMILES string of the molecule is CC.CC.N#CC(N)COCc1ccc(Cl)cc1. The first-order valence-corrected chi connectivity index (χ1v) is 6.57. The van der Waals surface area contributed by atoms with E-state index >= 15 is 0 Å². The molecule has 18 heavy (non-hydrogen) atoms. The summed E-state index contributed by atoms with van der Waals surface area (Å²) in [6, 6.07) is 8.68. The topological polar surface area (TPSA) is 59.0 Å². The molecule has 2 N–H and O–H groups in total. The Morgan fingerprint density at radius 1 is 1.22 bits per heavy atom. The highest BCUT2D eigenvalue weighted by Gasteiger charge is 1.99. The molecular formula is C14H23ClN2O. The van der Waals surface area contributed by atoms with E-state index in [4.69, 9.17) is 27.3 Å². The summed E-state index contributed by atoms with van der Waals surface area (Å²) in [6.45, 7) is 8.70. The van der Waals surface area contributed by atoms with Gasteiger partial charge in [0.05, 0.1) is 19.3 Å². The highest BCUT2D eigenvalue weighted by atomic mass is 35.5. The Morgan fingerprint density at radius 2 is 1.72 bits per heavy atom. The van der Waals surface area contributed by atoms with E-state index in [2.05, 4.69) is 0 Å². The molecule has 0 spiro atoms. The molecule has 102 valence electrons. The summed E-state index contributed by atoms with van der Waals surface area (Å²) in [6.07, 6.45) is 0. The molecule has 0 saturated carbocycles.